The number of pyridine rings is 1. The Morgan fingerprint density at radius 1 is 1.00 bits per heavy atom. The maximum Gasteiger partial charge on any atom is 0.136 e. The number of benzene rings is 1. The molecule has 1 aromatic carbocycles. The summed E-state index contributed by atoms with van der Waals surface area (Å²) >= 11 is 5.91. The molecule has 3 rings (SSSR count). The van der Waals surface area contributed by atoms with Gasteiger partial charge in [-0.25, -0.2) is 4.98 Å². The van der Waals surface area contributed by atoms with Crippen molar-refractivity contribution in [3.63, 3.8) is 0 Å². The Balaban J connectivity index is 2.36. The van der Waals surface area contributed by atoms with E-state index in [2.05, 4.69) is 4.98 Å². The maximum atomic E-state index is 5.91. The van der Waals surface area contributed by atoms with Gasteiger partial charge in [0, 0.05) is 10.9 Å². The summed E-state index contributed by atoms with van der Waals surface area (Å²) in [5.41, 5.74) is 1.83. The topological polar surface area (TPSA) is 26.0 Å². The second-order valence-electron chi connectivity index (χ2n) is 3.49. The van der Waals surface area contributed by atoms with Crippen LogP contribution in [0.3, 0.4) is 0 Å². The molecule has 0 aliphatic carbocycles. The SMILES string of the molecule is Clc1ccc2cccc(-c3ccco3)c2n1. The van der Waals surface area contributed by atoms with Crippen LogP contribution < -0.4 is 0 Å². The third-order valence-electron chi connectivity index (χ3n) is 2.47. The van der Waals surface area contributed by atoms with Crippen LogP contribution in [0, 0.1) is 0 Å². The van der Waals surface area contributed by atoms with E-state index >= 15 is 0 Å². The molecule has 2 aromatic heterocycles. The summed E-state index contributed by atoms with van der Waals surface area (Å²) in [5.74, 6) is 0.806. The van der Waals surface area contributed by atoms with Gasteiger partial charge in [0.15, 0.2) is 0 Å². The standard InChI is InChI=1S/C13H8ClNO/c14-12-7-6-9-3-1-4-10(13(9)15-12)11-5-2-8-16-11/h1-8H. The smallest absolute Gasteiger partial charge is 0.136 e. The first-order chi connectivity index (χ1) is 7.84. The number of hydrogen-bond donors (Lipinski definition) is 0. The third kappa shape index (κ3) is 1.48. The molecule has 0 amide bonds. The van der Waals surface area contributed by atoms with Crippen LogP contribution in [0.2, 0.25) is 5.15 Å². The molecular formula is C13H8ClNO. The van der Waals surface area contributed by atoms with Gasteiger partial charge in [-0.1, -0.05) is 23.7 Å². The molecule has 0 bridgehead atoms. The van der Waals surface area contributed by atoms with Gasteiger partial charge >= 0.3 is 0 Å². The summed E-state index contributed by atoms with van der Waals surface area (Å²) in [6, 6.07) is 13.5. The number of halogens is 1. The van der Waals surface area contributed by atoms with Crippen LogP contribution in [0.4, 0.5) is 0 Å². The van der Waals surface area contributed by atoms with Gasteiger partial charge in [-0.15, -0.1) is 0 Å². The monoisotopic (exact) mass is 229 g/mol. The molecule has 16 heavy (non-hydrogen) atoms. The Kier molecular flexibility index (Phi) is 2.15. The van der Waals surface area contributed by atoms with E-state index in [0.29, 0.717) is 5.15 Å². The first-order valence-electron chi connectivity index (χ1n) is 4.94. The van der Waals surface area contributed by atoms with Gasteiger partial charge in [0.1, 0.15) is 10.9 Å². The minimum Gasteiger partial charge on any atom is -0.464 e. The molecule has 0 aliphatic rings. The summed E-state index contributed by atoms with van der Waals surface area (Å²) in [6.45, 7) is 0. The van der Waals surface area contributed by atoms with Gasteiger partial charge < -0.3 is 4.42 Å². The van der Waals surface area contributed by atoms with Gasteiger partial charge in [0.25, 0.3) is 0 Å². The zero-order valence-corrected chi connectivity index (χ0v) is 9.11. The average Bonchev–Trinajstić information content (AvgIpc) is 2.81. The van der Waals surface area contributed by atoms with E-state index in [4.69, 9.17) is 16.0 Å². The zero-order valence-electron chi connectivity index (χ0n) is 8.35. The number of furan rings is 1. The predicted molar refractivity (Wildman–Crippen MR) is 64.5 cm³/mol. The molecule has 0 spiro atoms. The van der Waals surface area contributed by atoms with Crippen LogP contribution in [0.15, 0.2) is 53.1 Å². The van der Waals surface area contributed by atoms with E-state index < -0.39 is 0 Å². The highest BCUT2D eigenvalue weighted by Crippen LogP contribution is 2.28. The molecule has 0 N–H and O–H groups in total. The van der Waals surface area contributed by atoms with Crippen molar-refractivity contribution in [1.29, 1.82) is 0 Å². The van der Waals surface area contributed by atoms with E-state index in [0.717, 1.165) is 22.2 Å². The third-order valence-corrected chi connectivity index (χ3v) is 2.68. The summed E-state index contributed by atoms with van der Waals surface area (Å²) in [4.78, 5) is 4.34. The van der Waals surface area contributed by atoms with Gasteiger partial charge in [-0.3, -0.25) is 0 Å². The fraction of sp³-hybridized carbons (Fsp3) is 0. The molecule has 0 saturated heterocycles. The van der Waals surface area contributed by atoms with Crippen LogP contribution in [0.5, 0.6) is 0 Å². The minimum absolute atomic E-state index is 0.492. The number of nitrogens with zero attached hydrogens (tertiary/aromatic N) is 1. The van der Waals surface area contributed by atoms with Crippen LogP contribution >= 0.6 is 11.6 Å². The lowest BCUT2D eigenvalue weighted by molar-refractivity contribution is 0.583. The lowest BCUT2D eigenvalue weighted by atomic mass is 10.1. The number of para-hydroxylation sites is 1. The van der Waals surface area contributed by atoms with Crippen LogP contribution in [-0.2, 0) is 0 Å². The molecule has 0 unspecified atom stereocenters. The first-order valence-corrected chi connectivity index (χ1v) is 5.31. The summed E-state index contributed by atoms with van der Waals surface area (Å²) in [7, 11) is 0. The Hall–Kier alpha value is -1.80. The van der Waals surface area contributed by atoms with Crippen molar-refractivity contribution >= 4 is 22.5 Å². The molecule has 2 heterocycles. The Morgan fingerprint density at radius 3 is 2.75 bits per heavy atom. The van der Waals surface area contributed by atoms with Crippen LogP contribution in [-0.4, -0.2) is 4.98 Å². The quantitative estimate of drug-likeness (QED) is 0.586. The fourth-order valence-electron chi connectivity index (χ4n) is 1.75. The number of aromatic nitrogens is 1. The van der Waals surface area contributed by atoms with Crippen LogP contribution in [0.1, 0.15) is 0 Å². The van der Waals surface area contributed by atoms with E-state index in [1.165, 1.54) is 0 Å². The highest BCUT2D eigenvalue weighted by molar-refractivity contribution is 6.29. The van der Waals surface area contributed by atoms with Crippen molar-refractivity contribution in [2.75, 3.05) is 0 Å². The minimum atomic E-state index is 0.492. The van der Waals surface area contributed by atoms with Gasteiger partial charge in [-0.05, 0) is 30.3 Å². The average molecular weight is 230 g/mol. The molecule has 0 aliphatic heterocycles. The second-order valence-corrected chi connectivity index (χ2v) is 3.88. The number of rotatable bonds is 1. The van der Waals surface area contributed by atoms with E-state index in [1.807, 2.05) is 36.4 Å². The van der Waals surface area contributed by atoms with Gasteiger partial charge in [0.2, 0.25) is 0 Å². The Bertz CT molecular complexity index is 631. The molecule has 0 fully saturated rings. The highest BCUT2D eigenvalue weighted by atomic mass is 35.5. The van der Waals surface area contributed by atoms with E-state index in [9.17, 15) is 0 Å². The summed E-state index contributed by atoms with van der Waals surface area (Å²) < 4.78 is 5.38. The largest absolute Gasteiger partial charge is 0.464 e. The van der Waals surface area contributed by atoms with Gasteiger partial charge in [-0.2, -0.15) is 0 Å². The van der Waals surface area contributed by atoms with Crippen molar-refractivity contribution in [2.24, 2.45) is 0 Å². The van der Waals surface area contributed by atoms with Crippen molar-refractivity contribution in [2.45, 2.75) is 0 Å². The molecule has 0 atom stereocenters. The van der Waals surface area contributed by atoms with Crippen molar-refractivity contribution < 1.29 is 4.42 Å². The van der Waals surface area contributed by atoms with Crippen molar-refractivity contribution in [3.8, 4) is 11.3 Å². The number of fused-ring (bicyclic) bond motifs is 1. The lowest BCUT2D eigenvalue weighted by Crippen LogP contribution is -1.83. The highest BCUT2D eigenvalue weighted by Gasteiger charge is 2.07. The van der Waals surface area contributed by atoms with Crippen LogP contribution in [0.25, 0.3) is 22.2 Å². The molecule has 3 heteroatoms. The molecule has 0 saturated carbocycles. The zero-order chi connectivity index (χ0) is 11.0. The van der Waals surface area contributed by atoms with Gasteiger partial charge in [0.05, 0.1) is 11.8 Å². The summed E-state index contributed by atoms with van der Waals surface area (Å²) in [6.07, 6.45) is 1.65. The first kappa shape index (κ1) is 9.43. The fourth-order valence-corrected chi connectivity index (χ4v) is 1.90. The summed E-state index contributed by atoms with van der Waals surface area (Å²) in [5, 5.41) is 1.55. The lowest BCUT2D eigenvalue weighted by Gasteiger charge is -2.03. The van der Waals surface area contributed by atoms with Crippen molar-refractivity contribution in [1.82, 2.24) is 4.98 Å². The predicted octanol–water partition coefficient (Wildman–Crippen LogP) is 4.15. The molecule has 2 nitrogen and oxygen atoms in total. The number of hydrogen-bond acceptors (Lipinski definition) is 2. The molecule has 0 radical (unpaired) electrons. The Morgan fingerprint density at radius 2 is 1.94 bits per heavy atom. The molecule has 78 valence electrons. The molecular weight excluding hydrogens is 222 g/mol. The maximum absolute atomic E-state index is 5.91. The normalized spacial score (nSPS) is 10.8. The second kappa shape index (κ2) is 3.65. The molecule has 3 aromatic rings. The van der Waals surface area contributed by atoms with E-state index in [-0.39, 0.29) is 0 Å². The van der Waals surface area contributed by atoms with Crippen molar-refractivity contribution in [3.05, 3.63) is 53.9 Å². The Labute approximate surface area is 97.5 Å². The van der Waals surface area contributed by atoms with E-state index in [1.54, 1.807) is 12.3 Å².